The van der Waals surface area contributed by atoms with Crippen molar-refractivity contribution in [2.24, 2.45) is 0 Å². The van der Waals surface area contributed by atoms with Crippen LogP contribution in [-0.4, -0.2) is 5.71 Å². The molecule has 2 nitrogen and oxygen atoms in total. The van der Waals surface area contributed by atoms with E-state index >= 15 is 0 Å². The van der Waals surface area contributed by atoms with Crippen LogP contribution in [0, 0.1) is 16.7 Å². The Morgan fingerprint density at radius 1 is 1.62 bits per heavy atom. The van der Waals surface area contributed by atoms with E-state index in [4.69, 9.17) is 10.7 Å². The van der Waals surface area contributed by atoms with E-state index in [0.717, 1.165) is 5.57 Å². The van der Waals surface area contributed by atoms with Gasteiger partial charge in [0.1, 0.15) is 11.8 Å². The van der Waals surface area contributed by atoms with Crippen LogP contribution in [0.25, 0.3) is 0 Å². The molecule has 0 saturated carbocycles. The number of rotatable bonds is 1. The number of nitriles is 1. The van der Waals surface area contributed by atoms with Crippen LogP contribution in [0.1, 0.15) is 13.8 Å². The molecule has 0 aromatic rings. The Morgan fingerprint density at radius 3 is 2.25 bits per heavy atom. The fourth-order valence-corrected chi connectivity index (χ4v) is 0.321. The van der Waals surface area contributed by atoms with Gasteiger partial charge in [-0.05, 0) is 19.9 Å². The quantitative estimate of drug-likeness (QED) is 0.508. The van der Waals surface area contributed by atoms with Gasteiger partial charge in [-0.1, -0.05) is 5.57 Å². The van der Waals surface area contributed by atoms with Crippen molar-refractivity contribution >= 4 is 5.71 Å². The Hall–Kier alpha value is -1.10. The summed E-state index contributed by atoms with van der Waals surface area (Å²) in [5.41, 5.74) is 1.00. The van der Waals surface area contributed by atoms with Gasteiger partial charge in [-0.2, -0.15) is 5.26 Å². The van der Waals surface area contributed by atoms with Crippen molar-refractivity contribution in [3.05, 3.63) is 11.6 Å². The molecule has 0 fully saturated rings. The summed E-state index contributed by atoms with van der Waals surface area (Å²) in [6.45, 7) is 3.71. The van der Waals surface area contributed by atoms with Gasteiger partial charge in [-0.25, -0.2) is 0 Å². The molecule has 42 valence electrons. The smallest absolute Gasteiger partial charge is 0.131 e. The van der Waals surface area contributed by atoms with Crippen LogP contribution < -0.4 is 0 Å². The molecule has 0 aliphatic heterocycles. The van der Waals surface area contributed by atoms with Gasteiger partial charge in [0.25, 0.3) is 0 Å². The van der Waals surface area contributed by atoms with Gasteiger partial charge in [0, 0.05) is 0 Å². The lowest BCUT2D eigenvalue weighted by molar-refractivity contribution is 1.39. The first-order valence-electron chi connectivity index (χ1n) is 2.30. The van der Waals surface area contributed by atoms with Crippen LogP contribution >= 0.6 is 0 Å². The molecular weight excluding hydrogens is 100 g/mol. The van der Waals surface area contributed by atoms with Crippen molar-refractivity contribution in [1.29, 1.82) is 10.7 Å². The van der Waals surface area contributed by atoms with Crippen molar-refractivity contribution < 1.29 is 0 Å². The lowest BCUT2D eigenvalue weighted by Gasteiger charge is -1.81. The zero-order valence-corrected chi connectivity index (χ0v) is 5.02. The molecule has 0 spiro atoms. The molecule has 0 aromatic heterocycles. The molecule has 2 heteroatoms. The van der Waals surface area contributed by atoms with Crippen molar-refractivity contribution in [3.63, 3.8) is 0 Å². The van der Waals surface area contributed by atoms with E-state index in [1.54, 1.807) is 6.07 Å². The van der Waals surface area contributed by atoms with Gasteiger partial charge in [-0.3, -0.25) is 5.41 Å². The number of hydrogen-bond donors (Lipinski definition) is 1. The maximum Gasteiger partial charge on any atom is 0.131 e. The first-order chi connectivity index (χ1) is 3.66. The zero-order chi connectivity index (χ0) is 6.57. The molecule has 0 radical (unpaired) electrons. The molecular formula is C6H8N2. The highest BCUT2D eigenvalue weighted by atomic mass is 14.4. The normalized spacial score (nSPS) is 7.12. The zero-order valence-electron chi connectivity index (χ0n) is 5.02. The lowest BCUT2D eigenvalue weighted by atomic mass is 10.2. The molecule has 0 unspecified atom stereocenters. The fourth-order valence-electron chi connectivity index (χ4n) is 0.321. The number of allylic oxidation sites excluding steroid dienone is 2. The first kappa shape index (κ1) is 6.90. The summed E-state index contributed by atoms with van der Waals surface area (Å²) in [5, 5.41) is 14.9. The highest BCUT2D eigenvalue weighted by Crippen LogP contribution is 1.87. The second-order valence-corrected chi connectivity index (χ2v) is 1.75. The summed E-state index contributed by atoms with van der Waals surface area (Å²) in [5.74, 6) is 0. The number of hydrogen-bond acceptors (Lipinski definition) is 2. The molecule has 0 bridgehead atoms. The summed E-state index contributed by atoms with van der Waals surface area (Å²) >= 11 is 0. The Balaban J connectivity index is 3.95. The maximum atomic E-state index is 8.06. The van der Waals surface area contributed by atoms with E-state index in [-0.39, 0.29) is 5.71 Å². The summed E-state index contributed by atoms with van der Waals surface area (Å²) in [6.07, 6.45) is 1.53. The molecule has 0 atom stereocenters. The summed E-state index contributed by atoms with van der Waals surface area (Å²) in [6, 6.07) is 1.70. The predicted octanol–water partition coefficient (Wildman–Crippen LogP) is 1.50. The Kier molecular flexibility index (Phi) is 2.57. The Labute approximate surface area is 49.0 Å². The lowest BCUT2D eigenvalue weighted by Crippen LogP contribution is -1.83. The van der Waals surface area contributed by atoms with Crippen molar-refractivity contribution in [2.75, 3.05) is 0 Å². The van der Waals surface area contributed by atoms with Crippen molar-refractivity contribution in [1.82, 2.24) is 0 Å². The Morgan fingerprint density at radius 2 is 2.12 bits per heavy atom. The van der Waals surface area contributed by atoms with Gasteiger partial charge in [0.05, 0.1) is 0 Å². The largest absolute Gasteiger partial charge is 0.290 e. The molecule has 0 heterocycles. The van der Waals surface area contributed by atoms with Gasteiger partial charge < -0.3 is 0 Å². The van der Waals surface area contributed by atoms with E-state index in [9.17, 15) is 0 Å². The molecule has 0 aliphatic rings. The molecule has 0 rings (SSSR count). The van der Waals surface area contributed by atoms with E-state index in [2.05, 4.69) is 0 Å². The molecule has 0 aromatic carbocycles. The molecule has 1 N–H and O–H groups in total. The third-order valence-electron chi connectivity index (χ3n) is 0.553. The average molecular weight is 108 g/mol. The van der Waals surface area contributed by atoms with Crippen molar-refractivity contribution in [2.45, 2.75) is 13.8 Å². The average Bonchev–Trinajstić information content (AvgIpc) is 1.65. The second kappa shape index (κ2) is 2.98. The standard InChI is InChI=1S/C6H8N2/c1-5(2)3-6(8)4-7/h3,8H,1-2H3. The van der Waals surface area contributed by atoms with Crippen LogP contribution in [-0.2, 0) is 0 Å². The first-order valence-corrected chi connectivity index (χ1v) is 2.30. The third kappa shape index (κ3) is 3.10. The summed E-state index contributed by atoms with van der Waals surface area (Å²) in [4.78, 5) is 0. The van der Waals surface area contributed by atoms with Crippen LogP contribution in [0.15, 0.2) is 11.6 Å². The van der Waals surface area contributed by atoms with E-state index in [1.165, 1.54) is 6.08 Å². The Bertz CT molecular complexity index is 156. The summed E-state index contributed by atoms with van der Waals surface area (Å²) in [7, 11) is 0. The van der Waals surface area contributed by atoms with Gasteiger partial charge in [0.15, 0.2) is 0 Å². The molecule has 0 aliphatic carbocycles. The van der Waals surface area contributed by atoms with Crippen molar-refractivity contribution in [3.8, 4) is 6.07 Å². The van der Waals surface area contributed by atoms with Crippen LogP contribution in [0.5, 0.6) is 0 Å². The van der Waals surface area contributed by atoms with Crippen LogP contribution in [0.4, 0.5) is 0 Å². The van der Waals surface area contributed by atoms with E-state index in [1.807, 2.05) is 13.8 Å². The topological polar surface area (TPSA) is 47.6 Å². The minimum absolute atomic E-state index is 0.0185. The molecule has 0 amide bonds. The number of nitrogens with zero attached hydrogens (tertiary/aromatic N) is 1. The van der Waals surface area contributed by atoms with E-state index < -0.39 is 0 Å². The van der Waals surface area contributed by atoms with Gasteiger partial charge in [0.2, 0.25) is 0 Å². The fraction of sp³-hybridized carbons (Fsp3) is 0.333. The second-order valence-electron chi connectivity index (χ2n) is 1.75. The number of nitrogens with one attached hydrogen (secondary N) is 1. The highest BCUT2D eigenvalue weighted by Gasteiger charge is 1.83. The van der Waals surface area contributed by atoms with E-state index in [0.29, 0.717) is 0 Å². The van der Waals surface area contributed by atoms with Gasteiger partial charge in [-0.15, -0.1) is 0 Å². The highest BCUT2D eigenvalue weighted by molar-refractivity contribution is 6.05. The van der Waals surface area contributed by atoms with Gasteiger partial charge >= 0.3 is 0 Å². The summed E-state index contributed by atoms with van der Waals surface area (Å²) < 4.78 is 0. The van der Waals surface area contributed by atoms with Crippen LogP contribution in [0.3, 0.4) is 0 Å². The SMILES string of the molecule is CC(C)=CC(=N)C#N. The maximum absolute atomic E-state index is 8.06. The minimum Gasteiger partial charge on any atom is -0.290 e. The van der Waals surface area contributed by atoms with Crippen LogP contribution in [0.2, 0.25) is 0 Å². The molecule has 8 heavy (non-hydrogen) atoms. The predicted molar refractivity (Wildman–Crippen MR) is 32.8 cm³/mol. The molecule has 0 saturated heterocycles. The monoisotopic (exact) mass is 108 g/mol. The minimum atomic E-state index is 0.0185. The third-order valence-corrected chi connectivity index (χ3v) is 0.553.